The van der Waals surface area contributed by atoms with E-state index >= 15 is 0 Å². The molecule has 1 amide bonds. The smallest absolute Gasteiger partial charge is 0.233 e. The molecule has 1 rings (SSSR count). The predicted octanol–water partition coefficient (Wildman–Crippen LogP) is 1.77. The number of hydrogen-bond acceptors (Lipinski definition) is 3. The fraction of sp³-hybridized carbons (Fsp3) is 0.417. The summed E-state index contributed by atoms with van der Waals surface area (Å²) >= 11 is 3.24. The molecule has 0 fully saturated rings. The van der Waals surface area contributed by atoms with Crippen molar-refractivity contribution in [2.75, 3.05) is 13.1 Å². The minimum Gasteiger partial charge on any atom is -0.507 e. The van der Waals surface area contributed by atoms with E-state index in [9.17, 15) is 9.90 Å². The Kier molecular flexibility index (Phi) is 6.00. The van der Waals surface area contributed by atoms with Gasteiger partial charge in [0.05, 0.1) is 11.0 Å². The van der Waals surface area contributed by atoms with E-state index in [-0.39, 0.29) is 11.7 Å². The Hall–Kier alpha value is -1.07. The summed E-state index contributed by atoms with van der Waals surface area (Å²) < 4.78 is 0.659. The van der Waals surface area contributed by atoms with Crippen molar-refractivity contribution in [3.63, 3.8) is 0 Å². The van der Waals surface area contributed by atoms with Crippen molar-refractivity contribution in [2.24, 2.45) is 0 Å². The highest BCUT2D eigenvalue weighted by Gasteiger charge is 2.01. The lowest BCUT2D eigenvalue weighted by molar-refractivity contribution is -0.120. The lowest BCUT2D eigenvalue weighted by atomic mass is 10.2. The second-order valence-corrected chi connectivity index (χ2v) is 4.59. The van der Waals surface area contributed by atoms with Crippen LogP contribution in [0.5, 0.6) is 5.75 Å². The summed E-state index contributed by atoms with van der Waals surface area (Å²) in [6, 6.07) is 5.27. The Morgan fingerprint density at radius 1 is 1.47 bits per heavy atom. The number of hydrogen-bond donors (Lipinski definition) is 3. The summed E-state index contributed by atoms with van der Waals surface area (Å²) in [4.78, 5) is 11.3. The molecule has 4 nitrogen and oxygen atoms in total. The first-order valence-corrected chi connectivity index (χ1v) is 6.37. The summed E-state index contributed by atoms with van der Waals surface area (Å²) in [5.74, 6) is 0.221. The summed E-state index contributed by atoms with van der Waals surface area (Å²) in [6.07, 6.45) is 0.941. The van der Waals surface area contributed by atoms with Gasteiger partial charge in [-0.05, 0) is 40.0 Å². The molecule has 0 unspecified atom stereocenters. The predicted molar refractivity (Wildman–Crippen MR) is 70.8 cm³/mol. The van der Waals surface area contributed by atoms with Crippen LogP contribution in [0.4, 0.5) is 0 Å². The number of carbonyl (C=O) groups is 1. The standard InChI is InChI=1S/C12H17BrN2O2/c1-2-5-15-12(17)8-14-7-9-3-4-11(16)10(13)6-9/h3-4,6,14,16H,2,5,7-8H2,1H3,(H,15,17). The van der Waals surface area contributed by atoms with Crippen molar-refractivity contribution in [3.8, 4) is 5.75 Å². The van der Waals surface area contributed by atoms with E-state index in [0.29, 0.717) is 24.1 Å². The summed E-state index contributed by atoms with van der Waals surface area (Å²) in [7, 11) is 0. The highest BCUT2D eigenvalue weighted by atomic mass is 79.9. The normalized spacial score (nSPS) is 10.2. The van der Waals surface area contributed by atoms with Gasteiger partial charge in [-0.2, -0.15) is 0 Å². The van der Waals surface area contributed by atoms with E-state index in [4.69, 9.17) is 0 Å². The molecule has 0 atom stereocenters. The number of amides is 1. The molecule has 0 aromatic heterocycles. The van der Waals surface area contributed by atoms with Crippen LogP contribution in [0.15, 0.2) is 22.7 Å². The van der Waals surface area contributed by atoms with Crippen molar-refractivity contribution in [1.29, 1.82) is 0 Å². The third-order valence-corrected chi connectivity index (χ3v) is 2.83. The molecule has 0 saturated heterocycles. The van der Waals surface area contributed by atoms with Crippen molar-refractivity contribution in [1.82, 2.24) is 10.6 Å². The highest BCUT2D eigenvalue weighted by Crippen LogP contribution is 2.23. The maximum atomic E-state index is 11.3. The maximum Gasteiger partial charge on any atom is 0.233 e. The van der Waals surface area contributed by atoms with Gasteiger partial charge in [0, 0.05) is 13.1 Å². The fourth-order valence-electron chi connectivity index (χ4n) is 1.31. The third-order valence-electron chi connectivity index (χ3n) is 2.20. The average molecular weight is 301 g/mol. The molecule has 1 aromatic rings. The number of halogens is 1. The quantitative estimate of drug-likeness (QED) is 0.750. The van der Waals surface area contributed by atoms with Crippen molar-refractivity contribution < 1.29 is 9.90 Å². The molecule has 0 spiro atoms. The van der Waals surface area contributed by atoms with Crippen LogP contribution in [-0.4, -0.2) is 24.1 Å². The number of phenolic OH excluding ortho intramolecular Hbond substituents is 1. The Morgan fingerprint density at radius 2 is 2.24 bits per heavy atom. The van der Waals surface area contributed by atoms with Gasteiger partial charge in [0.2, 0.25) is 5.91 Å². The second-order valence-electron chi connectivity index (χ2n) is 3.74. The molecule has 0 radical (unpaired) electrons. The van der Waals surface area contributed by atoms with Crippen LogP contribution in [0.25, 0.3) is 0 Å². The molecule has 0 aliphatic heterocycles. The molecule has 0 heterocycles. The lowest BCUT2D eigenvalue weighted by Gasteiger charge is -2.06. The first-order chi connectivity index (χ1) is 8.13. The number of rotatable bonds is 6. The van der Waals surface area contributed by atoms with Crippen LogP contribution < -0.4 is 10.6 Å². The molecule has 5 heteroatoms. The van der Waals surface area contributed by atoms with Gasteiger partial charge >= 0.3 is 0 Å². The molecule has 0 saturated carbocycles. The number of benzene rings is 1. The van der Waals surface area contributed by atoms with Crippen molar-refractivity contribution >= 4 is 21.8 Å². The van der Waals surface area contributed by atoms with Gasteiger partial charge in [-0.15, -0.1) is 0 Å². The van der Waals surface area contributed by atoms with Crippen LogP contribution in [0.3, 0.4) is 0 Å². The van der Waals surface area contributed by atoms with Crippen LogP contribution in [0.1, 0.15) is 18.9 Å². The molecule has 0 aliphatic rings. The number of carbonyl (C=O) groups excluding carboxylic acids is 1. The van der Waals surface area contributed by atoms with Gasteiger partial charge in [-0.1, -0.05) is 13.0 Å². The van der Waals surface area contributed by atoms with E-state index in [1.54, 1.807) is 6.07 Å². The highest BCUT2D eigenvalue weighted by molar-refractivity contribution is 9.10. The van der Waals surface area contributed by atoms with Gasteiger partial charge in [0.15, 0.2) is 0 Å². The van der Waals surface area contributed by atoms with Crippen LogP contribution in [0.2, 0.25) is 0 Å². The average Bonchev–Trinajstić information content (AvgIpc) is 2.31. The maximum absolute atomic E-state index is 11.3. The van der Waals surface area contributed by atoms with Gasteiger partial charge < -0.3 is 15.7 Å². The zero-order valence-corrected chi connectivity index (χ0v) is 11.4. The van der Waals surface area contributed by atoms with E-state index in [2.05, 4.69) is 26.6 Å². The van der Waals surface area contributed by atoms with Crippen LogP contribution in [-0.2, 0) is 11.3 Å². The Bertz CT molecular complexity index is 383. The fourth-order valence-corrected chi connectivity index (χ4v) is 1.73. The van der Waals surface area contributed by atoms with E-state index in [1.807, 2.05) is 19.1 Å². The summed E-state index contributed by atoms with van der Waals surface area (Å²) in [5, 5.41) is 15.2. The summed E-state index contributed by atoms with van der Waals surface area (Å²) in [6.45, 7) is 3.63. The van der Waals surface area contributed by atoms with E-state index < -0.39 is 0 Å². The minimum absolute atomic E-state index is 0.00435. The van der Waals surface area contributed by atoms with E-state index in [1.165, 1.54) is 0 Å². The molecule has 1 aromatic carbocycles. The Labute approximate surface area is 110 Å². The summed E-state index contributed by atoms with van der Waals surface area (Å²) in [5.41, 5.74) is 1.01. The van der Waals surface area contributed by atoms with Gasteiger partial charge in [-0.25, -0.2) is 0 Å². The van der Waals surface area contributed by atoms with Crippen molar-refractivity contribution in [3.05, 3.63) is 28.2 Å². The van der Waals surface area contributed by atoms with Gasteiger partial charge in [0.25, 0.3) is 0 Å². The topological polar surface area (TPSA) is 61.4 Å². The largest absolute Gasteiger partial charge is 0.507 e. The first kappa shape index (κ1) is 14.0. The van der Waals surface area contributed by atoms with E-state index in [0.717, 1.165) is 12.0 Å². The Balaban J connectivity index is 2.30. The minimum atomic E-state index is 0.00435. The third kappa shape index (κ3) is 5.19. The molecular formula is C12H17BrN2O2. The molecule has 3 N–H and O–H groups in total. The molecule has 0 aliphatic carbocycles. The van der Waals surface area contributed by atoms with Crippen LogP contribution >= 0.6 is 15.9 Å². The van der Waals surface area contributed by atoms with Gasteiger partial charge in [0.1, 0.15) is 5.75 Å². The number of phenols is 1. The zero-order chi connectivity index (χ0) is 12.7. The van der Waals surface area contributed by atoms with Crippen LogP contribution in [0, 0.1) is 0 Å². The molecule has 94 valence electrons. The molecular weight excluding hydrogens is 284 g/mol. The Morgan fingerprint density at radius 3 is 2.88 bits per heavy atom. The second kappa shape index (κ2) is 7.29. The monoisotopic (exact) mass is 300 g/mol. The number of aromatic hydroxyl groups is 1. The first-order valence-electron chi connectivity index (χ1n) is 5.58. The van der Waals surface area contributed by atoms with Crippen molar-refractivity contribution in [2.45, 2.75) is 19.9 Å². The zero-order valence-electron chi connectivity index (χ0n) is 9.79. The molecule has 0 bridgehead atoms. The number of nitrogens with one attached hydrogen (secondary N) is 2. The lowest BCUT2D eigenvalue weighted by Crippen LogP contribution is -2.33. The molecule has 17 heavy (non-hydrogen) atoms. The van der Waals surface area contributed by atoms with Gasteiger partial charge in [-0.3, -0.25) is 4.79 Å². The SMILES string of the molecule is CCCNC(=O)CNCc1ccc(O)c(Br)c1.